The van der Waals surface area contributed by atoms with Crippen molar-refractivity contribution < 1.29 is 4.74 Å². The van der Waals surface area contributed by atoms with E-state index in [0.29, 0.717) is 6.04 Å². The summed E-state index contributed by atoms with van der Waals surface area (Å²) in [4.78, 5) is 16.3. The van der Waals surface area contributed by atoms with Crippen molar-refractivity contribution in [2.75, 3.05) is 26.3 Å². The molecule has 0 spiro atoms. The molecule has 5 heteroatoms. The van der Waals surface area contributed by atoms with Crippen LogP contribution in [0, 0.1) is 13.8 Å². The molecule has 1 aliphatic heterocycles. The van der Waals surface area contributed by atoms with Gasteiger partial charge in [-0.2, -0.15) is 0 Å². The summed E-state index contributed by atoms with van der Waals surface area (Å²) in [5, 5.41) is 0. The van der Waals surface area contributed by atoms with Gasteiger partial charge in [-0.25, -0.2) is 9.97 Å². The van der Waals surface area contributed by atoms with Crippen LogP contribution in [0.2, 0.25) is 0 Å². The molecule has 0 N–H and O–H groups in total. The van der Waals surface area contributed by atoms with E-state index in [2.05, 4.69) is 52.1 Å². The summed E-state index contributed by atoms with van der Waals surface area (Å²) in [7, 11) is 0. The molecule has 2 aromatic heterocycles. The first kappa shape index (κ1) is 18.7. The largest absolute Gasteiger partial charge is 0.379 e. The molecular formula is C23H26N4O. The maximum absolute atomic E-state index is 5.46. The highest BCUT2D eigenvalue weighted by molar-refractivity contribution is 5.65. The number of nitrogens with zero attached hydrogens (tertiary/aromatic N) is 4. The smallest absolute Gasteiger partial charge is 0.159 e. The highest BCUT2D eigenvalue weighted by Gasteiger charge is 2.18. The number of rotatable bonds is 4. The molecule has 5 nitrogen and oxygen atoms in total. The fourth-order valence-corrected chi connectivity index (χ4v) is 3.69. The normalized spacial score (nSPS) is 16.1. The van der Waals surface area contributed by atoms with Crippen LogP contribution in [0.25, 0.3) is 22.6 Å². The third-order valence-corrected chi connectivity index (χ3v) is 5.40. The van der Waals surface area contributed by atoms with Gasteiger partial charge in [-0.05, 0) is 44.5 Å². The van der Waals surface area contributed by atoms with Crippen molar-refractivity contribution in [3.63, 3.8) is 0 Å². The molecule has 0 amide bonds. The van der Waals surface area contributed by atoms with Crippen LogP contribution in [0.1, 0.15) is 29.9 Å². The van der Waals surface area contributed by atoms with Crippen molar-refractivity contribution in [3.8, 4) is 22.6 Å². The Bertz CT molecular complexity index is 949. The van der Waals surface area contributed by atoms with Gasteiger partial charge in [0, 0.05) is 47.8 Å². The molecular weight excluding hydrogens is 348 g/mol. The topological polar surface area (TPSA) is 51.1 Å². The summed E-state index contributed by atoms with van der Waals surface area (Å²) < 4.78 is 5.46. The van der Waals surface area contributed by atoms with E-state index in [1.54, 1.807) is 0 Å². The number of pyridine rings is 1. The zero-order chi connectivity index (χ0) is 19.5. The van der Waals surface area contributed by atoms with E-state index in [1.165, 1.54) is 5.56 Å². The highest BCUT2D eigenvalue weighted by Crippen LogP contribution is 2.26. The molecule has 28 heavy (non-hydrogen) atoms. The average molecular weight is 374 g/mol. The summed E-state index contributed by atoms with van der Waals surface area (Å²) in [5.74, 6) is 0.739. The molecule has 0 aliphatic carbocycles. The predicted molar refractivity (Wildman–Crippen MR) is 111 cm³/mol. The molecule has 4 rings (SSSR count). The maximum atomic E-state index is 5.46. The molecule has 0 saturated carbocycles. The first-order valence-corrected chi connectivity index (χ1v) is 9.81. The van der Waals surface area contributed by atoms with Gasteiger partial charge < -0.3 is 4.74 Å². The van der Waals surface area contributed by atoms with Gasteiger partial charge in [0.1, 0.15) is 0 Å². The Morgan fingerprint density at radius 1 is 0.929 bits per heavy atom. The Morgan fingerprint density at radius 2 is 1.68 bits per heavy atom. The Labute approximate surface area is 166 Å². The molecule has 1 aliphatic rings. The van der Waals surface area contributed by atoms with Crippen LogP contribution in [0.4, 0.5) is 0 Å². The number of aryl methyl sites for hydroxylation is 2. The fourth-order valence-electron chi connectivity index (χ4n) is 3.69. The number of morpholine rings is 1. The first-order valence-electron chi connectivity index (χ1n) is 9.81. The Kier molecular flexibility index (Phi) is 5.46. The van der Waals surface area contributed by atoms with Gasteiger partial charge >= 0.3 is 0 Å². The first-order chi connectivity index (χ1) is 13.6. The number of aromatic nitrogens is 3. The summed E-state index contributed by atoms with van der Waals surface area (Å²) >= 11 is 0. The second-order valence-corrected chi connectivity index (χ2v) is 7.30. The zero-order valence-corrected chi connectivity index (χ0v) is 16.7. The molecule has 3 aromatic rings. The molecule has 144 valence electrons. The minimum absolute atomic E-state index is 0.381. The van der Waals surface area contributed by atoms with Crippen LogP contribution in [-0.2, 0) is 4.74 Å². The monoisotopic (exact) mass is 374 g/mol. The lowest BCUT2D eigenvalue weighted by molar-refractivity contribution is 0.0198. The van der Waals surface area contributed by atoms with Gasteiger partial charge in [0.2, 0.25) is 0 Å². The predicted octanol–water partition coefficient (Wildman–Crippen LogP) is 4.22. The minimum Gasteiger partial charge on any atom is -0.379 e. The second-order valence-electron chi connectivity index (χ2n) is 7.30. The quantitative estimate of drug-likeness (QED) is 0.684. The van der Waals surface area contributed by atoms with Crippen LogP contribution in [0.15, 0.2) is 48.7 Å². The van der Waals surface area contributed by atoms with Gasteiger partial charge in [0.25, 0.3) is 0 Å². The van der Waals surface area contributed by atoms with Crippen molar-refractivity contribution in [3.05, 3.63) is 65.6 Å². The van der Waals surface area contributed by atoms with E-state index in [4.69, 9.17) is 9.72 Å². The Morgan fingerprint density at radius 3 is 2.39 bits per heavy atom. The fraction of sp³-hybridized carbons (Fsp3) is 0.348. The van der Waals surface area contributed by atoms with Crippen molar-refractivity contribution in [2.45, 2.75) is 26.8 Å². The van der Waals surface area contributed by atoms with Crippen LogP contribution in [0.5, 0.6) is 0 Å². The lowest BCUT2D eigenvalue weighted by Crippen LogP contribution is -2.37. The van der Waals surface area contributed by atoms with Gasteiger partial charge in [-0.3, -0.25) is 9.88 Å². The summed E-state index contributed by atoms with van der Waals surface area (Å²) in [6.45, 7) is 9.88. The molecule has 0 radical (unpaired) electrons. The summed E-state index contributed by atoms with van der Waals surface area (Å²) in [6.07, 6.45) is 1.82. The van der Waals surface area contributed by atoms with Crippen LogP contribution < -0.4 is 0 Å². The van der Waals surface area contributed by atoms with Crippen molar-refractivity contribution in [2.24, 2.45) is 0 Å². The standard InChI is InChI=1S/C23H26N4O/c1-16-4-9-21(17(2)25-16)22-10-11-24-23(26-22)20-7-5-19(6-8-20)18(3)27-12-14-28-15-13-27/h4-11,18H,12-15H2,1-3H3. The lowest BCUT2D eigenvalue weighted by atomic mass is 10.0. The lowest BCUT2D eigenvalue weighted by Gasteiger charge is -2.32. The van der Waals surface area contributed by atoms with Gasteiger partial charge in [-0.15, -0.1) is 0 Å². The zero-order valence-electron chi connectivity index (χ0n) is 16.7. The van der Waals surface area contributed by atoms with E-state index < -0.39 is 0 Å². The van der Waals surface area contributed by atoms with E-state index >= 15 is 0 Å². The van der Waals surface area contributed by atoms with E-state index in [1.807, 2.05) is 32.2 Å². The van der Waals surface area contributed by atoms with Crippen LogP contribution in [-0.4, -0.2) is 46.2 Å². The van der Waals surface area contributed by atoms with Gasteiger partial charge in [0.15, 0.2) is 5.82 Å². The number of ether oxygens (including phenoxy) is 1. The van der Waals surface area contributed by atoms with E-state index in [-0.39, 0.29) is 0 Å². The van der Waals surface area contributed by atoms with E-state index in [9.17, 15) is 0 Å². The van der Waals surface area contributed by atoms with Crippen LogP contribution in [0.3, 0.4) is 0 Å². The maximum Gasteiger partial charge on any atom is 0.159 e. The number of benzene rings is 1. The van der Waals surface area contributed by atoms with Gasteiger partial charge in [-0.1, -0.05) is 24.3 Å². The SMILES string of the molecule is Cc1ccc(-c2ccnc(-c3ccc(C(C)N4CCOCC4)cc3)n2)c(C)n1. The van der Waals surface area contributed by atoms with Crippen molar-refractivity contribution >= 4 is 0 Å². The minimum atomic E-state index is 0.381. The molecule has 1 aromatic carbocycles. The highest BCUT2D eigenvalue weighted by atomic mass is 16.5. The summed E-state index contributed by atoms with van der Waals surface area (Å²) in [6, 6.07) is 15.0. The number of hydrogen-bond donors (Lipinski definition) is 0. The Hall–Kier alpha value is -2.63. The molecule has 3 heterocycles. The summed E-state index contributed by atoms with van der Waals surface area (Å²) in [5.41, 5.74) is 6.28. The second kappa shape index (κ2) is 8.17. The van der Waals surface area contributed by atoms with Crippen molar-refractivity contribution in [1.82, 2.24) is 19.9 Å². The number of hydrogen-bond acceptors (Lipinski definition) is 5. The van der Waals surface area contributed by atoms with E-state index in [0.717, 1.165) is 60.3 Å². The average Bonchev–Trinajstić information content (AvgIpc) is 2.74. The molecule has 1 unspecified atom stereocenters. The molecule has 1 fully saturated rings. The molecule has 1 saturated heterocycles. The Balaban J connectivity index is 1.57. The van der Waals surface area contributed by atoms with Crippen LogP contribution >= 0.6 is 0 Å². The molecule has 0 bridgehead atoms. The third-order valence-electron chi connectivity index (χ3n) is 5.40. The molecule has 1 atom stereocenters. The van der Waals surface area contributed by atoms with Gasteiger partial charge in [0.05, 0.1) is 18.9 Å². The third kappa shape index (κ3) is 3.96. The van der Waals surface area contributed by atoms with Crippen molar-refractivity contribution in [1.29, 1.82) is 0 Å².